The standard InChI is InChI=1S/C17H13BrFNO/c18-13-7-6-12(15(19)10-13)9-16(21)14-5-1-3-11-4-2-8-20-17(11)14/h1-8,10,16,21H,9H2. The molecule has 4 heteroatoms. The number of nitrogens with zero attached hydrogens (tertiary/aromatic N) is 1. The first-order valence-electron chi connectivity index (χ1n) is 6.61. The predicted octanol–water partition coefficient (Wildman–Crippen LogP) is 4.41. The van der Waals surface area contributed by atoms with Crippen LogP contribution in [0.5, 0.6) is 0 Å². The number of fused-ring (bicyclic) bond motifs is 1. The first kappa shape index (κ1) is 14.2. The van der Waals surface area contributed by atoms with Crippen LogP contribution in [0.15, 0.2) is 59.2 Å². The van der Waals surface area contributed by atoms with Gasteiger partial charge in [-0.05, 0) is 23.8 Å². The zero-order valence-electron chi connectivity index (χ0n) is 11.1. The van der Waals surface area contributed by atoms with Crippen LogP contribution in [0.3, 0.4) is 0 Å². The fourth-order valence-corrected chi connectivity index (χ4v) is 2.74. The Labute approximate surface area is 130 Å². The molecule has 0 spiro atoms. The van der Waals surface area contributed by atoms with Crippen LogP contribution in [-0.4, -0.2) is 10.1 Å². The number of hydrogen-bond acceptors (Lipinski definition) is 2. The Hall–Kier alpha value is -1.78. The van der Waals surface area contributed by atoms with Gasteiger partial charge in [0.2, 0.25) is 0 Å². The van der Waals surface area contributed by atoms with Crippen LogP contribution in [-0.2, 0) is 6.42 Å². The fraction of sp³-hybridized carbons (Fsp3) is 0.118. The zero-order chi connectivity index (χ0) is 14.8. The summed E-state index contributed by atoms with van der Waals surface area (Å²) in [5, 5.41) is 11.4. The summed E-state index contributed by atoms with van der Waals surface area (Å²) in [6.45, 7) is 0. The number of pyridine rings is 1. The molecule has 0 aliphatic rings. The highest BCUT2D eigenvalue weighted by molar-refractivity contribution is 9.10. The molecule has 0 saturated carbocycles. The number of rotatable bonds is 3. The predicted molar refractivity (Wildman–Crippen MR) is 84.5 cm³/mol. The van der Waals surface area contributed by atoms with E-state index in [0.29, 0.717) is 10.0 Å². The molecule has 0 bridgehead atoms. The minimum atomic E-state index is -0.792. The van der Waals surface area contributed by atoms with E-state index in [1.807, 2.05) is 30.3 Å². The van der Waals surface area contributed by atoms with Crippen LogP contribution in [0.4, 0.5) is 4.39 Å². The molecule has 1 N–H and O–H groups in total. The highest BCUT2D eigenvalue weighted by atomic mass is 79.9. The molecule has 1 atom stereocenters. The molecule has 0 fully saturated rings. The van der Waals surface area contributed by atoms with Crippen molar-refractivity contribution in [3.63, 3.8) is 0 Å². The van der Waals surface area contributed by atoms with E-state index in [1.54, 1.807) is 18.3 Å². The van der Waals surface area contributed by atoms with Gasteiger partial charge in [-0.1, -0.05) is 46.3 Å². The second-order valence-electron chi connectivity index (χ2n) is 4.88. The first-order chi connectivity index (χ1) is 10.1. The second kappa shape index (κ2) is 5.92. The van der Waals surface area contributed by atoms with E-state index in [1.165, 1.54) is 6.07 Å². The maximum atomic E-state index is 13.9. The van der Waals surface area contributed by atoms with Gasteiger partial charge in [-0.2, -0.15) is 0 Å². The van der Waals surface area contributed by atoms with E-state index in [9.17, 15) is 9.50 Å². The Morgan fingerprint density at radius 1 is 1.14 bits per heavy atom. The Bertz CT molecular complexity index is 785. The van der Waals surface area contributed by atoms with Gasteiger partial charge >= 0.3 is 0 Å². The van der Waals surface area contributed by atoms with Gasteiger partial charge < -0.3 is 5.11 Å². The largest absolute Gasteiger partial charge is 0.388 e. The molecular formula is C17H13BrFNO. The Morgan fingerprint density at radius 3 is 2.76 bits per heavy atom. The topological polar surface area (TPSA) is 33.1 Å². The highest BCUT2D eigenvalue weighted by Crippen LogP contribution is 2.26. The molecule has 0 aliphatic carbocycles. The van der Waals surface area contributed by atoms with Crippen molar-refractivity contribution in [1.82, 2.24) is 4.98 Å². The SMILES string of the molecule is OC(Cc1ccc(Br)cc1F)c1cccc2cccnc12. The molecule has 2 aromatic carbocycles. The van der Waals surface area contributed by atoms with Gasteiger partial charge in [0.05, 0.1) is 11.6 Å². The van der Waals surface area contributed by atoms with Crippen LogP contribution in [0.2, 0.25) is 0 Å². The van der Waals surface area contributed by atoms with Crippen LogP contribution in [0.1, 0.15) is 17.2 Å². The van der Waals surface area contributed by atoms with Crippen LogP contribution < -0.4 is 0 Å². The molecule has 21 heavy (non-hydrogen) atoms. The van der Waals surface area contributed by atoms with Crippen molar-refractivity contribution in [2.24, 2.45) is 0 Å². The lowest BCUT2D eigenvalue weighted by molar-refractivity contribution is 0.178. The summed E-state index contributed by atoms with van der Waals surface area (Å²) in [6.07, 6.45) is 1.12. The van der Waals surface area contributed by atoms with E-state index in [4.69, 9.17) is 0 Å². The van der Waals surface area contributed by atoms with Gasteiger partial charge in [0.25, 0.3) is 0 Å². The molecule has 3 rings (SSSR count). The number of benzene rings is 2. The third-order valence-electron chi connectivity index (χ3n) is 3.45. The summed E-state index contributed by atoms with van der Waals surface area (Å²) in [5.41, 5.74) is 1.96. The van der Waals surface area contributed by atoms with Crippen LogP contribution in [0, 0.1) is 5.82 Å². The highest BCUT2D eigenvalue weighted by Gasteiger charge is 2.15. The Morgan fingerprint density at radius 2 is 1.95 bits per heavy atom. The molecule has 0 aliphatic heterocycles. The summed E-state index contributed by atoms with van der Waals surface area (Å²) in [4.78, 5) is 4.32. The molecule has 0 radical (unpaired) electrons. The summed E-state index contributed by atoms with van der Waals surface area (Å²) < 4.78 is 14.6. The zero-order valence-corrected chi connectivity index (χ0v) is 12.7. The molecule has 3 aromatic rings. The Balaban J connectivity index is 1.95. The number of aromatic nitrogens is 1. The molecule has 1 aromatic heterocycles. The van der Waals surface area contributed by atoms with Crippen molar-refractivity contribution in [1.29, 1.82) is 0 Å². The average Bonchev–Trinajstić information content (AvgIpc) is 2.49. The summed E-state index contributed by atoms with van der Waals surface area (Å²) >= 11 is 3.23. The second-order valence-corrected chi connectivity index (χ2v) is 5.79. The molecule has 1 heterocycles. The van der Waals surface area contributed by atoms with Crippen molar-refractivity contribution in [2.45, 2.75) is 12.5 Å². The van der Waals surface area contributed by atoms with Gasteiger partial charge in [0.15, 0.2) is 0 Å². The minimum Gasteiger partial charge on any atom is -0.388 e. The number of hydrogen-bond donors (Lipinski definition) is 1. The average molecular weight is 346 g/mol. The molecule has 1 unspecified atom stereocenters. The number of para-hydroxylation sites is 1. The van der Waals surface area contributed by atoms with Gasteiger partial charge in [0.1, 0.15) is 5.82 Å². The van der Waals surface area contributed by atoms with Gasteiger partial charge in [0, 0.05) is 28.0 Å². The lowest BCUT2D eigenvalue weighted by atomic mass is 9.98. The summed E-state index contributed by atoms with van der Waals surface area (Å²) in [5.74, 6) is -0.323. The summed E-state index contributed by atoms with van der Waals surface area (Å²) in [6, 6.07) is 14.3. The van der Waals surface area contributed by atoms with Crippen LogP contribution >= 0.6 is 15.9 Å². The van der Waals surface area contributed by atoms with Crippen molar-refractivity contribution in [3.8, 4) is 0 Å². The normalized spacial score (nSPS) is 12.5. The molecular weight excluding hydrogens is 333 g/mol. The maximum absolute atomic E-state index is 13.9. The summed E-state index contributed by atoms with van der Waals surface area (Å²) in [7, 11) is 0. The fourth-order valence-electron chi connectivity index (χ4n) is 2.40. The van der Waals surface area contributed by atoms with E-state index in [-0.39, 0.29) is 12.2 Å². The van der Waals surface area contributed by atoms with Crippen molar-refractivity contribution < 1.29 is 9.50 Å². The van der Waals surface area contributed by atoms with E-state index >= 15 is 0 Å². The number of aliphatic hydroxyl groups excluding tert-OH is 1. The lowest BCUT2D eigenvalue weighted by Gasteiger charge is -2.14. The van der Waals surface area contributed by atoms with E-state index < -0.39 is 6.10 Å². The van der Waals surface area contributed by atoms with Crippen molar-refractivity contribution in [2.75, 3.05) is 0 Å². The van der Waals surface area contributed by atoms with E-state index in [2.05, 4.69) is 20.9 Å². The third kappa shape index (κ3) is 2.96. The molecule has 0 saturated heterocycles. The number of aliphatic hydroxyl groups is 1. The van der Waals surface area contributed by atoms with Gasteiger partial charge in [-0.3, -0.25) is 4.98 Å². The number of halogens is 2. The van der Waals surface area contributed by atoms with Gasteiger partial charge in [-0.25, -0.2) is 4.39 Å². The monoisotopic (exact) mass is 345 g/mol. The smallest absolute Gasteiger partial charge is 0.127 e. The maximum Gasteiger partial charge on any atom is 0.127 e. The third-order valence-corrected chi connectivity index (χ3v) is 3.94. The lowest BCUT2D eigenvalue weighted by Crippen LogP contribution is -2.05. The van der Waals surface area contributed by atoms with Crippen molar-refractivity contribution in [3.05, 3.63) is 76.1 Å². The molecule has 0 amide bonds. The quantitative estimate of drug-likeness (QED) is 0.762. The van der Waals surface area contributed by atoms with E-state index in [0.717, 1.165) is 16.5 Å². The first-order valence-corrected chi connectivity index (χ1v) is 7.40. The molecule has 106 valence electrons. The van der Waals surface area contributed by atoms with Crippen molar-refractivity contribution >= 4 is 26.8 Å². The molecule has 2 nitrogen and oxygen atoms in total. The minimum absolute atomic E-state index is 0.217. The van der Waals surface area contributed by atoms with Gasteiger partial charge in [-0.15, -0.1) is 0 Å². The van der Waals surface area contributed by atoms with Crippen LogP contribution in [0.25, 0.3) is 10.9 Å². The Kier molecular flexibility index (Phi) is 3.99.